The Bertz CT molecular complexity index is 2430. The summed E-state index contributed by atoms with van der Waals surface area (Å²) < 4.78 is 0. The van der Waals surface area contributed by atoms with Crippen molar-refractivity contribution in [2.45, 2.75) is 147 Å². The van der Waals surface area contributed by atoms with E-state index in [2.05, 4.69) is 143 Å². The molecule has 14 rings (SSSR count). The van der Waals surface area contributed by atoms with Gasteiger partial charge in [-0.05, 0) is 164 Å². The standard InChI is InChI=1S/C30H35.C27H29.C2H6Si.2ClH.Zr/c1-3-5-20(2)26-15-25-6-4-7-28(29(25)16-26)24-8-10-27(11-9-24)30-17-21-12-22(18-30)14-23(13-21)19-30;1-2-18-13-23-4-3-5-25(26(23)14-18)22-6-8-24(9-7-22)27-15-19-10-20(16-27)12-21(11-19)17-27;1-3-2;;;/h4,6-11,15-16,20-23H,3,5,12-14,17-19H2,1-2H3;3-9,13-14,19-21H,2,10-12,15-17H2,1H3;1-2H3;2*1H;/q2*-1;;;;+2/p-2. The van der Waals surface area contributed by atoms with E-state index in [4.69, 9.17) is 0 Å². The fourth-order valence-electron chi connectivity index (χ4n) is 15.1. The van der Waals surface area contributed by atoms with Gasteiger partial charge in [0.2, 0.25) is 0 Å². The van der Waals surface area contributed by atoms with Gasteiger partial charge in [0.25, 0.3) is 0 Å². The number of fused-ring (bicyclic) bond motifs is 2. The number of rotatable bonds is 8. The van der Waals surface area contributed by atoms with Crippen LogP contribution >= 0.6 is 0 Å². The molecule has 0 N–H and O–H groups in total. The van der Waals surface area contributed by atoms with Crippen LogP contribution in [0.1, 0.15) is 139 Å². The SMILES string of the molecule is CCCC(C)c1cc2c(-c3ccc(C45CC6CC(CC(C6)C4)C5)cc3)cccc2[cH-]1.CCc1cc2c(-c3ccc(C45CC6CC(CC(C6)C4)C5)cc3)cccc2[cH-]1.C[Si](C)=[Zr+2].[Cl-].[Cl-]. The van der Waals surface area contributed by atoms with Crippen molar-refractivity contribution in [1.82, 2.24) is 0 Å². The molecule has 8 aliphatic carbocycles. The van der Waals surface area contributed by atoms with Crippen LogP contribution in [0.4, 0.5) is 0 Å². The van der Waals surface area contributed by atoms with E-state index in [9.17, 15) is 0 Å². The minimum Gasteiger partial charge on any atom is -1.00 e. The summed E-state index contributed by atoms with van der Waals surface area (Å²) in [5, 5.41) is 5.63. The van der Waals surface area contributed by atoms with Crippen molar-refractivity contribution in [2.24, 2.45) is 35.5 Å². The Hall–Kier alpha value is -2.22. The predicted octanol–water partition coefficient (Wildman–Crippen LogP) is 10.6. The Balaban J connectivity index is 0.000000156. The molecule has 0 saturated heterocycles. The van der Waals surface area contributed by atoms with Gasteiger partial charge in [-0.1, -0.05) is 99.0 Å². The largest absolute Gasteiger partial charge is 1.00 e. The maximum atomic E-state index is 2.49. The van der Waals surface area contributed by atoms with Crippen molar-refractivity contribution in [3.05, 3.63) is 131 Å². The first-order valence-corrected chi connectivity index (χ1v) is 30.9. The number of hydrogen-bond donors (Lipinski definition) is 0. The van der Waals surface area contributed by atoms with Crippen molar-refractivity contribution in [2.75, 3.05) is 0 Å². The van der Waals surface area contributed by atoms with Gasteiger partial charge in [-0.25, -0.2) is 0 Å². The maximum Gasteiger partial charge on any atom is -1.00 e. The number of halogens is 2. The Kier molecular flexibility index (Phi) is 14.7. The van der Waals surface area contributed by atoms with Gasteiger partial charge >= 0.3 is 41.9 Å². The van der Waals surface area contributed by atoms with Gasteiger partial charge in [0, 0.05) is 0 Å². The van der Waals surface area contributed by atoms with Crippen LogP contribution in [0.25, 0.3) is 43.8 Å². The summed E-state index contributed by atoms with van der Waals surface area (Å²) in [5.41, 5.74) is 13.0. The Morgan fingerprint density at radius 2 is 0.952 bits per heavy atom. The molecular formula is C59H70Cl2SiZr-2. The topological polar surface area (TPSA) is 0 Å². The molecule has 6 aromatic rings. The van der Waals surface area contributed by atoms with Crippen LogP contribution in [-0.2, 0) is 40.6 Å². The second kappa shape index (κ2) is 19.6. The molecular weight excluding hydrogens is 899 g/mol. The number of aryl methyl sites for hydroxylation is 1. The molecule has 330 valence electrons. The minimum atomic E-state index is 0. The first-order valence-electron chi connectivity index (χ1n) is 24.7. The summed E-state index contributed by atoms with van der Waals surface area (Å²) in [7, 11) is 0. The van der Waals surface area contributed by atoms with Gasteiger partial charge in [0.15, 0.2) is 0 Å². The van der Waals surface area contributed by atoms with Crippen LogP contribution in [0.2, 0.25) is 13.1 Å². The fraction of sp³-hybridized carbons (Fsp3) is 0.492. The van der Waals surface area contributed by atoms with E-state index in [1.165, 1.54) is 145 Å². The van der Waals surface area contributed by atoms with Crippen molar-refractivity contribution in [3.63, 3.8) is 0 Å². The molecule has 8 aliphatic rings. The molecule has 0 amide bonds. The van der Waals surface area contributed by atoms with Gasteiger partial charge in [-0.3, -0.25) is 0 Å². The average Bonchev–Trinajstić information content (AvgIpc) is 3.88. The third-order valence-corrected chi connectivity index (χ3v) is 17.0. The minimum absolute atomic E-state index is 0. The second-order valence-corrected chi connectivity index (χ2v) is 31.2. The van der Waals surface area contributed by atoms with Crippen LogP contribution in [0, 0.1) is 35.5 Å². The third kappa shape index (κ3) is 9.52. The zero-order chi connectivity index (χ0) is 41.9. The number of benzene rings is 4. The van der Waals surface area contributed by atoms with E-state index >= 15 is 0 Å². The molecule has 0 heterocycles. The van der Waals surface area contributed by atoms with Gasteiger partial charge in [-0.15, -0.1) is 69.1 Å². The van der Waals surface area contributed by atoms with Crippen LogP contribution in [0.5, 0.6) is 0 Å². The first kappa shape index (κ1) is 47.3. The summed E-state index contributed by atoms with van der Waals surface area (Å²) in [6.07, 6.45) is 21.5. The molecule has 0 aromatic heterocycles. The van der Waals surface area contributed by atoms with Crippen molar-refractivity contribution < 1.29 is 48.1 Å². The smallest absolute Gasteiger partial charge is 1.00 e. The molecule has 8 fully saturated rings. The molecule has 63 heavy (non-hydrogen) atoms. The molecule has 0 aliphatic heterocycles. The van der Waals surface area contributed by atoms with Crippen molar-refractivity contribution >= 4 is 27.0 Å². The van der Waals surface area contributed by atoms with E-state index in [1.54, 1.807) is 34.5 Å². The van der Waals surface area contributed by atoms with E-state index < -0.39 is 0 Å². The molecule has 8 saturated carbocycles. The zero-order valence-electron chi connectivity index (χ0n) is 38.8. The van der Waals surface area contributed by atoms with Crippen molar-refractivity contribution in [1.29, 1.82) is 0 Å². The fourth-order valence-corrected chi connectivity index (χ4v) is 15.1. The van der Waals surface area contributed by atoms with Gasteiger partial charge in [-0.2, -0.15) is 12.1 Å². The summed E-state index contributed by atoms with van der Waals surface area (Å²) in [5.74, 6) is 6.73. The molecule has 6 aromatic carbocycles. The second-order valence-electron chi connectivity index (χ2n) is 21.9. The normalized spacial score (nSPS) is 28.7. The van der Waals surface area contributed by atoms with E-state index in [0.29, 0.717) is 16.7 Å². The summed E-state index contributed by atoms with van der Waals surface area (Å²) >= 11 is 1.74. The van der Waals surface area contributed by atoms with Crippen LogP contribution in [-0.4, -0.2) is 5.43 Å². The van der Waals surface area contributed by atoms with E-state index in [0.717, 1.165) is 41.9 Å². The quantitative estimate of drug-likeness (QED) is 0.105. The predicted molar refractivity (Wildman–Crippen MR) is 260 cm³/mol. The Labute approximate surface area is 408 Å². The van der Waals surface area contributed by atoms with Crippen LogP contribution < -0.4 is 24.8 Å². The molecule has 0 nitrogen and oxygen atoms in total. The third-order valence-electron chi connectivity index (χ3n) is 17.0. The average molecular weight is 969 g/mol. The zero-order valence-corrected chi connectivity index (χ0v) is 43.8. The monoisotopic (exact) mass is 966 g/mol. The van der Waals surface area contributed by atoms with Gasteiger partial charge in [0.05, 0.1) is 0 Å². The maximum absolute atomic E-state index is 2.49. The Morgan fingerprint density at radius 3 is 1.33 bits per heavy atom. The summed E-state index contributed by atoms with van der Waals surface area (Å²) in [4.78, 5) is 0. The van der Waals surface area contributed by atoms with Gasteiger partial charge in [0.1, 0.15) is 0 Å². The molecule has 1 unspecified atom stereocenters. The molecule has 8 bridgehead atoms. The van der Waals surface area contributed by atoms with Gasteiger partial charge < -0.3 is 24.8 Å². The number of hydrogen-bond acceptors (Lipinski definition) is 0. The van der Waals surface area contributed by atoms with Crippen LogP contribution in [0.3, 0.4) is 0 Å². The molecule has 0 radical (unpaired) electrons. The Morgan fingerprint density at radius 1 is 0.571 bits per heavy atom. The molecule has 0 spiro atoms. The van der Waals surface area contributed by atoms with Crippen LogP contribution in [0.15, 0.2) is 109 Å². The first-order chi connectivity index (χ1) is 29.6. The molecule has 1 atom stereocenters. The van der Waals surface area contributed by atoms with E-state index in [-0.39, 0.29) is 30.2 Å². The summed E-state index contributed by atoms with van der Waals surface area (Å²) in [6.45, 7) is 11.5. The molecule has 4 heteroatoms. The van der Waals surface area contributed by atoms with E-state index in [1.807, 2.05) is 0 Å². The summed E-state index contributed by atoms with van der Waals surface area (Å²) in [6, 6.07) is 42.8. The van der Waals surface area contributed by atoms with Crippen molar-refractivity contribution in [3.8, 4) is 22.3 Å².